The average molecular weight is 300 g/mol. The van der Waals surface area contributed by atoms with Crippen molar-refractivity contribution in [3.05, 3.63) is 47.9 Å². The van der Waals surface area contributed by atoms with Crippen LogP contribution in [0.15, 0.2) is 34.9 Å². The molecule has 0 radical (unpaired) electrons. The summed E-state index contributed by atoms with van der Waals surface area (Å²) in [6.45, 7) is 0.424. The molecule has 1 aromatic carbocycles. The van der Waals surface area contributed by atoms with Crippen molar-refractivity contribution in [3.63, 3.8) is 0 Å². The first-order valence-electron chi connectivity index (χ1n) is 7.02. The predicted molar refractivity (Wildman–Crippen MR) is 74.9 cm³/mol. The van der Waals surface area contributed by atoms with E-state index in [0.29, 0.717) is 24.4 Å². The summed E-state index contributed by atoms with van der Waals surface area (Å²) in [5, 5.41) is 19.0. The van der Waals surface area contributed by atoms with Crippen molar-refractivity contribution >= 4 is 6.01 Å². The van der Waals surface area contributed by atoms with Crippen LogP contribution < -0.4 is 5.32 Å². The molecule has 0 aliphatic heterocycles. The van der Waals surface area contributed by atoms with Crippen LogP contribution in [0.25, 0.3) is 5.69 Å². The fourth-order valence-electron chi connectivity index (χ4n) is 2.07. The fraction of sp³-hybridized carbons (Fsp3) is 0.286. The first-order valence-corrected chi connectivity index (χ1v) is 7.02. The van der Waals surface area contributed by atoms with E-state index in [-0.39, 0.29) is 5.82 Å². The van der Waals surface area contributed by atoms with Gasteiger partial charge in [-0.2, -0.15) is 0 Å². The van der Waals surface area contributed by atoms with E-state index >= 15 is 0 Å². The summed E-state index contributed by atoms with van der Waals surface area (Å²) in [5.74, 6) is 0.841. The summed E-state index contributed by atoms with van der Waals surface area (Å²) in [6, 6.07) is 6.43. The number of hydrogen-bond acceptors (Lipinski definition) is 6. The van der Waals surface area contributed by atoms with Crippen LogP contribution in [0, 0.1) is 5.82 Å². The van der Waals surface area contributed by atoms with Crippen LogP contribution in [0.3, 0.4) is 0 Å². The van der Waals surface area contributed by atoms with Gasteiger partial charge in [0.2, 0.25) is 5.89 Å². The van der Waals surface area contributed by atoms with Gasteiger partial charge in [0.05, 0.1) is 18.4 Å². The molecule has 3 aromatic rings. The van der Waals surface area contributed by atoms with Gasteiger partial charge in [0, 0.05) is 5.92 Å². The summed E-state index contributed by atoms with van der Waals surface area (Å²) < 4.78 is 20.0. The largest absolute Gasteiger partial charge is 0.408 e. The van der Waals surface area contributed by atoms with Gasteiger partial charge in [-0.25, -0.2) is 9.07 Å². The Morgan fingerprint density at radius 2 is 2.00 bits per heavy atom. The van der Waals surface area contributed by atoms with E-state index in [9.17, 15) is 4.39 Å². The third kappa shape index (κ3) is 2.67. The van der Waals surface area contributed by atoms with E-state index in [1.807, 2.05) is 0 Å². The van der Waals surface area contributed by atoms with Crippen LogP contribution in [0.5, 0.6) is 0 Å². The molecule has 22 heavy (non-hydrogen) atoms. The zero-order chi connectivity index (χ0) is 14.9. The van der Waals surface area contributed by atoms with Crippen molar-refractivity contribution in [2.75, 3.05) is 5.32 Å². The number of rotatable bonds is 5. The molecule has 0 bridgehead atoms. The van der Waals surface area contributed by atoms with E-state index in [1.54, 1.807) is 23.0 Å². The molecule has 0 atom stereocenters. The van der Waals surface area contributed by atoms with Gasteiger partial charge in [0.1, 0.15) is 11.5 Å². The molecule has 1 N–H and O–H groups in total. The van der Waals surface area contributed by atoms with Gasteiger partial charge in [-0.15, -0.1) is 10.2 Å². The molecule has 7 nitrogen and oxygen atoms in total. The number of benzene rings is 1. The Hall–Kier alpha value is -2.77. The highest BCUT2D eigenvalue weighted by atomic mass is 19.1. The van der Waals surface area contributed by atoms with Crippen LogP contribution >= 0.6 is 0 Å². The van der Waals surface area contributed by atoms with E-state index in [2.05, 4.69) is 25.8 Å². The average Bonchev–Trinajstić information content (AvgIpc) is 3.09. The third-order valence-electron chi connectivity index (χ3n) is 3.42. The summed E-state index contributed by atoms with van der Waals surface area (Å²) in [6.07, 6.45) is 4.00. The van der Waals surface area contributed by atoms with E-state index in [4.69, 9.17) is 4.42 Å². The summed E-state index contributed by atoms with van der Waals surface area (Å²) in [5.41, 5.74) is 1.46. The lowest BCUT2D eigenvalue weighted by atomic mass is 10.3. The minimum Gasteiger partial charge on any atom is -0.408 e. The highest BCUT2D eigenvalue weighted by Crippen LogP contribution is 2.39. The zero-order valence-electron chi connectivity index (χ0n) is 11.6. The highest BCUT2D eigenvalue weighted by Gasteiger charge is 2.29. The number of aromatic nitrogens is 5. The number of anilines is 1. The standard InChI is InChI=1S/C14H13FN6O/c15-10-3-5-12(6-4-10)21-8-11(17-20-21)7-16-14-19-18-13(22-14)9-1-2-9/h3-6,8-9H,1-2,7H2,(H,16,19). The fourth-order valence-corrected chi connectivity index (χ4v) is 2.07. The Balaban J connectivity index is 1.41. The molecular formula is C14H13FN6O. The topological polar surface area (TPSA) is 81.7 Å². The number of hydrogen-bond donors (Lipinski definition) is 1. The first-order chi connectivity index (χ1) is 10.8. The molecule has 1 saturated carbocycles. The van der Waals surface area contributed by atoms with Gasteiger partial charge in [0.25, 0.3) is 0 Å². The third-order valence-corrected chi connectivity index (χ3v) is 3.42. The minimum atomic E-state index is -0.284. The van der Waals surface area contributed by atoms with E-state index < -0.39 is 0 Å². The molecule has 2 heterocycles. The molecule has 1 aliphatic carbocycles. The summed E-state index contributed by atoms with van der Waals surface area (Å²) in [7, 11) is 0. The summed E-state index contributed by atoms with van der Waals surface area (Å²) >= 11 is 0. The maximum Gasteiger partial charge on any atom is 0.315 e. The second-order valence-electron chi connectivity index (χ2n) is 5.20. The Bertz CT molecular complexity index is 777. The Morgan fingerprint density at radius 1 is 1.18 bits per heavy atom. The number of halogens is 1. The Labute approximate surface area is 125 Å². The normalized spacial score (nSPS) is 14.2. The van der Waals surface area contributed by atoms with Crippen molar-refractivity contribution in [2.24, 2.45) is 0 Å². The first kappa shape index (κ1) is 12.9. The molecule has 0 saturated heterocycles. The minimum absolute atomic E-state index is 0.284. The number of nitrogens with one attached hydrogen (secondary N) is 1. The van der Waals surface area contributed by atoms with E-state index in [1.165, 1.54) is 12.1 Å². The molecular weight excluding hydrogens is 287 g/mol. The second kappa shape index (κ2) is 5.21. The van der Waals surface area contributed by atoms with Crippen LogP contribution in [0.4, 0.5) is 10.4 Å². The van der Waals surface area contributed by atoms with Gasteiger partial charge in [0.15, 0.2) is 0 Å². The van der Waals surface area contributed by atoms with Crippen molar-refractivity contribution in [1.29, 1.82) is 0 Å². The molecule has 1 fully saturated rings. The lowest BCUT2D eigenvalue weighted by Crippen LogP contribution is -1.99. The second-order valence-corrected chi connectivity index (χ2v) is 5.20. The van der Waals surface area contributed by atoms with Crippen LogP contribution in [0.2, 0.25) is 0 Å². The molecule has 1 aliphatic rings. The Kier molecular flexibility index (Phi) is 3.06. The number of nitrogens with zero attached hydrogens (tertiary/aromatic N) is 5. The van der Waals surface area contributed by atoms with Crippen LogP contribution in [-0.2, 0) is 6.54 Å². The molecule has 4 rings (SSSR count). The van der Waals surface area contributed by atoms with Crippen molar-refractivity contribution in [2.45, 2.75) is 25.3 Å². The van der Waals surface area contributed by atoms with Crippen molar-refractivity contribution in [3.8, 4) is 5.69 Å². The maximum absolute atomic E-state index is 12.9. The van der Waals surface area contributed by atoms with Gasteiger partial charge in [-0.1, -0.05) is 10.3 Å². The van der Waals surface area contributed by atoms with Crippen molar-refractivity contribution < 1.29 is 8.81 Å². The van der Waals surface area contributed by atoms with Gasteiger partial charge >= 0.3 is 6.01 Å². The monoisotopic (exact) mass is 300 g/mol. The van der Waals surface area contributed by atoms with Crippen LogP contribution in [-0.4, -0.2) is 25.2 Å². The molecule has 0 spiro atoms. The Morgan fingerprint density at radius 3 is 2.77 bits per heavy atom. The van der Waals surface area contributed by atoms with E-state index in [0.717, 1.165) is 24.2 Å². The molecule has 112 valence electrons. The molecule has 0 unspecified atom stereocenters. The SMILES string of the molecule is Fc1ccc(-n2cc(CNc3nnc(C4CC4)o3)nn2)cc1. The molecule has 8 heteroatoms. The van der Waals surface area contributed by atoms with Gasteiger partial charge in [-0.3, -0.25) is 0 Å². The molecule has 2 aromatic heterocycles. The molecule has 0 amide bonds. The smallest absolute Gasteiger partial charge is 0.315 e. The lowest BCUT2D eigenvalue weighted by Gasteiger charge is -1.98. The van der Waals surface area contributed by atoms with Crippen LogP contribution in [0.1, 0.15) is 30.3 Å². The predicted octanol–water partition coefficient (Wildman–Crippen LogP) is 2.28. The van der Waals surface area contributed by atoms with Gasteiger partial charge in [-0.05, 0) is 37.1 Å². The zero-order valence-corrected chi connectivity index (χ0v) is 11.6. The quantitative estimate of drug-likeness (QED) is 0.778. The summed E-state index contributed by atoms with van der Waals surface area (Å²) in [4.78, 5) is 0. The van der Waals surface area contributed by atoms with Crippen molar-refractivity contribution in [1.82, 2.24) is 25.2 Å². The highest BCUT2D eigenvalue weighted by molar-refractivity contribution is 5.31. The maximum atomic E-state index is 12.9. The van der Waals surface area contributed by atoms with Gasteiger partial charge < -0.3 is 9.73 Å². The lowest BCUT2D eigenvalue weighted by molar-refractivity contribution is 0.506.